The Morgan fingerprint density at radius 3 is 1.41 bits per heavy atom. The summed E-state index contributed by atoms with van der Waals surface area (Å²) in [6.45, 7) is 0. The molecule has 0 fully saturated rings. The normalized spacial score (nSPS) is 11.9. The van der Waals surface area contributed by atoms with Gasteiger partial charge in [-0.05, 0) is 105 Å². The van der Waals surface area contributed by atoms with E-state index in [1.54, 1.807) is 0 Å². The van der Waals surface area contributed by atoms with E-state index in [-0.39, 0.29) is 0 Å². The van der Waals surface area contributed by atoms with Gasteiger partial charge in [-0.1, -0.05) is 109 Å². The fraction of sp³-hybridized carbons (Fsp3) is 0. The predicted octanol–water partition coefficient (Wildman–Crippen LogP) is 15.0. The Kier molecular flexibility index (Phi) is 6.36. The number of hydrogen-bond donors (Lipinski definition) is 0. The zero-order valence-corrected chi connectivity index (χ0v) is 29.0. The van der Waals surface area contributed by atoms with Gasteiger partial charge in [0.2, 0.25) is 0 Å². The van der Waals surface area contributed by atoms with Gasteiger partial charge in [0.05, 0.1) is 0 Å². The summed E-state index contributed by atoms with van der Waals surface area (Å²) in [5.74, 6) is 0. The van der Waals surface area contributed by atoms with Gasteiger partial charge in [-0.25, -0.2) is 0 Å². The van der Waals surface area contributed by atoms with Crippen molar-refractivity contribution in [3.05, 3.63) is 170 Å². The third-order valence-electron chi connectivity index (χ3n) is 10.3. The van der Waals surface area contributed by atoms with Gasteiger partial charge in [0.25, 0.3) is 0 Å². The fourth-order valence-corrected chi connectivity index (χ4v) is 10.3. The summed E-state index contributed by atoms with van der Waals surface area (Å²) < 4.78 is 11.5. The minimum atomic E-state index is 0.913. The van der Waals surface area contributed by atoms with E-state index in [2.05, 4.69) is 164 Å². The molecule has 0 amide bonds. The highest BCUT2D eigenvalue weighted by molar-refractivity contribution is 7.26. The summed E-state index contributed by atoms with van der Waals surface area (Å²) in [6.07, 6.45) is 0. The first-order valence-electron chi connectivity index (χ1n) is 17.2. The summed E-state index contributed by atoms with van der Waals surface area (Å²) in [4.78, 5) is 0. The molecule has 0 radical (unpaired) electrons. The molecule has 0 unspecified atom stereocenters. The van der Waals surface area contributed by atoms with E-state index >= 15 is 0 Å². The lowest BCUT2D eigenvalue weighted by molar-refractivity contribution is 0.669. The topological polar surface area (TPSA) is 13.1 Å². The molecule has 0 spiro atoms. The molecule has 3 aromatic heterocycles. The Balaban J connectivity index is 1.18. The standard InChI is InChI=1S/C48H28OS2/c1-4-19-40-37(13-1)46-34(16-8-20-41(46)49-40)30-12-7-11-29(25-30)31-26-32(35-17-9-23-44-47(35)38-14-2-5-21-42(38)50-44)28-33(27-31)36-18-10-24-45-48(36)39-15-3-6-22-43(39)51-45/h1-28H. The monoisotopic (exact) mass is 684 g/mol. The molecule has 3 heterocycles. The number of benzene rings is 8. The Morgan fingerprint density at radius 1 is 0.294 bits per heavy atom. The summed E-state index contributed by atoms with van der Waals surface area (Å²) in [6, 6.07) is 62.1. The molecule has 0 saturated heterocycles. The first kappa shape index (κ1) is 28.8. The van der Waals surface area contributed by atoms with E-state index in [9.17, 15) is 0 Å². The zero-order chi connectivity index (χ0) is 33.5. The van der Waals surface area contributed by atoms with E-state index in [0.717, 1.165) is 21.9 Å². The number of para-hydroxylation sites is 1. The van der Waals surface area contributed by atoms with Crippen molar-refractivity contribution in [2.75, 3.05) is 0 Å². The first-order chi connectivity index (χ1) is 25.3. The van der Waals surface area contributed by atoms with Crippen molar-refractivity contribution in [1.82, 2.24) is 0 Å². The van der Waals surface area contributed by atoms with Crippen LogP contribution in [0.25, 0.3) is 107 Å². The van der Waals surface area contributed by atoms with Crippen LogP contribution in [-0.4, -0.2) is 0 Å². The fourth-order valence-electron chi connectivity index (χ4n) is 8.02. The van der Waals surface area contributed by atoms with Crippen LogP contribution in [-0.2, 0) is 0 Å². The van der Waals surface area contributed by atoms with Crippen LogP contribution in [0.5, 0.6) is 0 Å². The summed E-state index contributed by atoms with van der Waals surface area (Å²) in [5.41, 5.74) is 11.5. The van der Waals surface area contributed by atoms with Crippen LogP contribution in [0.4, 0.5) is 0 Å². The van der Waals surface area contributed by atoms with Gasteiger partial charge >= 0.3 is 0 Å². The summed E-state index contributed by atoms with van der Waals surface area (Å²) in [5, 5.41) is 7.58. The van der Waals surface area contributed by atoms with Gasteiger partial charge in [0.15, 0.2) is 0 Å². The summed E-state index contributed by atoms with van der Waals surface area (Å²) >= 11 is 3.74. The van der Waals surface area contributed by atoms with Crippen LogP contribution in [0, 0.1) is 0 Å². The highest BCUT2D eigenvalue weighted by atomic mass is 32.1. The molecule has 0 aliphatic rings. The molecule has 51 heavy (non-hydrogen) atoms. The van der Waals surface area contributed by atoms with Gasteiger partial charge < -0.3 is 4.42 Å². The second-order valence-electron chi connectivity index (χ2n) is 13.2. The Bertz CT molecular complexity index is 3020. The maximum absolute atomic E-state index is 6.28. The van der Waals surface area contributed by atoms with Crippen LogP contribution >= 0.6 is 22.7 Å². The minimum absolute atomic E-state index is 0.913. The Hall–Kier alpha value is -6.00. The molecular weight excluding hydrogens is 657 g/mol. The molecule has 11 aromatic rings. The molecule has 0 atom stereocenters. The van der Waals surface area contributed by atoms with Crippen LogP contribution in [0.15, 0.2) is 174 Å². The van der Waals surface area contributed by atoms with Crippen molar-refractivity contribution >= 4 is 85.0 Å². The van der Waals surface area contributed by atoms with Gasteiger partial charge in [-0.15, -0.1) is 22.7 Å². The third-order valence-corrected chi connectivity index (χ3v) is 12.5. The lowest BCUT2D eigenvalue weighted by atomic mass is 9.89. The molecule has 11 rings (SSSR count). The first-order valence-corrected chi connectivity index (χ1v) is 18.9. The Morgan fingerprint density at radius 2 is 0.745 bits per heavy atom. The molecule has 1 nitrogen and oxygen atoms in total. The summed E-state index contributed by atoms with van der Waals surface area (Å²) in [7, 11) is 0. The second kappa shape index (κ2) is 11.3. The van der Waals surface area contributed by atoms with E-state index in [4.69, 9.17) is 4.42 Å². The number of furan rings is 1. The van der Waals surface area contributed by atoms with Crippen LogP contribution in [0.3, 0.4) is 0 Å². The van der Waals surface area contributed by atoms with Crippen molar-refractivity contribution in [1.29, 1.82) is 0 Å². The highest BCUT2D eigenvalue weighted by Gasteiger charge is 2.17. The second-order valence-corrected chi connectivity index (χ2v) is 15.4. The van der Waals surface area contributed by atoms with Gasteiger partial charge in [0, 0.05) is 51.1 Å². The number of thiophene rings is 2. The minimum Gasteiger partial charge on any atom is -0.456 e. The Labute approximate surface area is 302 Å². The smallest absolute Gasteiger partial charge is 0.136 e. The molecule has 8 aromatic carbocycles. The van der Waals surface area contributed by atoms with Crippen molar-refractivity contribution in [2.45, 2.75) is 0 Å². The maximum Gasteiger partial charge on any atom is 0.136 e. The average Bonchev–Trinajstić information content (AvgIpc) is 3.89. The van der Waals surface area contributed by atoms with Gasteiger partial charge in [-0.3, -0.25) is 0 Å². The van der Waals surface area contributed by atoms with Crippen LogP contribution in [0.1, 0.15) is 0 Å². The molecule has 0 aliphatic heterocycles. The van der Waals surface area contributed by atoms with Crippen LogP contribution < -0.4 is 0 Å². The van der Waals surface area contributed by atoms with Gasteiger partial charge in [-0.2, -0.15) is 0 Å². The van der Waals surface area contributed by atoms with E-state index in [0.29, 0.717) is 0 Å². The van der Waals surface area contributed by atoms with Crippen molar-refractivity contribution in [2.24, 2.45) is 0 Å². The maximum atomic E-state index is 6.28. The molecule has 238 valence electrons. The number of hydrogen-bond acceptors (Lipinski definition) is 3. The van der Waals surface area contributed by atoms with Crippen molar-refractivity contribution in [3.8, 4) is 44.5 Å². The van der Waals surface area contributed by atoms with E-state index in [1.165, 1.54) is 84.9 Å². The number of rotatable bonds is 4. The molecule has 0 bridgehead atoms. The lowest BCUT2D eigenvalue weighted by Crippen LogP contribution is -1.88. The third kappa shape index (κ3) is 4.52. The zero-order valence-electron chi connectivity index (χ0n) is 27.4. The molecular formula is C48H28OS2. The van der Waals surface area contributed by atoms with E-state index in [1.807, 2.05) is 28.7 Å². The quantitative estimate of drug-likeness (QED) is 0.180. The highest BCUT2D eigenvalue weighted by Crippen LogP contribution is 2.45. The molecule has 3 heteroatoms. The van der Waals surface area contributed by atoms with Crippen molar-refractivity contribution < 1.29 is 4.42 Å². The average molecular weight is 685 g/mol. The predicted molar refractivity (Wildman–Crippen MR) is 221 cm³/mol. The molecule has 0 saturated carbocycles. The lowest BCUT2D eigenvalue weighted by Gasteiger charge is -2.14. The molecule has 0 N–H and O–H groups in total. The SMILES string of the molecule is c1cc(-c2cc(-c3cccc4sc5ccccc5c34)cc(-c3cccc4sc5ccccc5c34)c2)cc(-c2cccc3oc4ccccc4c23)c1. The van der Waals surface area contributed by atoms with Crippen LogP contribution in [0.2, 0.25) is 0 Å². The number of fused-ring (bicyclic) bond motifs is 9. The van der Waals surface area contributed by atoms with Crippen molar-refractivity contribution in [3.63, 3.8) is 0 Å². The van der Waals surface area contributed by atoms with E-state index < -0.39 is 0 Å². The largest absolute Gasteiger partial charge is 0.456 e. The molecule has 0 aliphatic carbocycles. The van der Waals surface area contributed by atoms with Gasteiger partial charge in [0.1, 0.15) is 11.2 Å².